The molecule has 0 spiro atoms. The Morgan fingerprint density at radius 2 is 2.19 bits per heavy atom. The van der Waals surface area contributed by atoms with Crippen LogP contribution in [0.1, 0.15) is 59.8 Å². The average Bonchev–Trinajstić information content (AvgIpc) is 2.73. The van der Waals surface area contributed by atoms with E-state index in [0.29, 0.717) is 5.92 Å². The highest BCUT2D eigenvalue weighted by Gasteiger charge is 2.53. The molecular formula is C14H25NO. The molecule has 1 aliphatic rings. The zero-order valence-corrected chi connectivity index (χ0v) is 11.1. The highest BCUT2D eigenvalue weighted by Crippen LogP contribution is 2.52. The van der Waals surface area contributed by atoms with Crippen molar-refractivity contribution in [3.05, 3.63) is 0 Å². The van der Waals surface area contributed by atoms with Crippen molar-refractivity contribution in [3.8, 4) is 6.07 Å². The van der Waals surface area contributed by atoms with Gasteiger partial charge >= 0.3 is 0 Å². The van der Waals surface area contributed by atoms with Crippen LogP contribution in [0.4, 0.5) is 0 Å². The molecule has 4 atom stereocenters. The number of hydrogen-bond donors (Lipinski definition) is 1. The third kappa shape index (κ3) is 1.98. The van der Waals surface area contributed by atoms with Crippen molar-refractivity contribution in [2.75, 3.05) is 0 Å². The largest absolute Gasteiger partial charge is 0.388 e. The molecule has 92 valence electrons. The van der Waals surface area contributed by atoms with Crippen LogP contribution in [0, 0.1) is 28.6 Å². The molecule has 1 rings (SSSR count). The Kier molecular flexibility index (Phi) is 4.02. The molecule has 4 unspecified atom stereocenters. The maximum atomic E-state index is 10.7. The maximum absolute atomic E-state index is 10.7. The predicted molar refractivity (Wildman–Crippen MR) is 65.8 cm³/mol. The topological polar surface area (TPSA) is 44.0 Å². The van der Waals surface area contributed by atoms with Crippen LogP contribution in [-0.2, 0) is 0 Å². The second-order valence-corrected chi connectivity index (χ2v) is 5.67. The minimum atomic E-state index is -0.847. The third-order valence-electron chi connectivity index (χ3n) is 4.95. The molecule has 1 fully saturated rings. The fourth-order valence-electron chi connectivity index (χ4n) is 3.04. The number of nitriles is 1. The van der Waals surface area contributed by atoms with E-state index in [1.807, 2.05) is 6.92 Å². The Bertz CT molecular complexity index is 279. The summed E-state index contributed by atoms with van der Waals surface area (Å²) in [6, 6.07) is 2.45. The van der Waals surface area contributed by atoms with E-state index in [1.54, 1.807) is 0 Å². The van der Waals surface area contributed by atoms with Gasteiger partial charge in [0, 0.05) is 0 Å². The van der Waals surface area contributed by atoms with Crippen molar-refractivity contribution >= 4 is 0 Å². The van der Waals surface area contributed by atoms with E-state index < -0.39 is 11.0 Å². The van der Waals surface area contributed by atoms with E-state index in [9.17, 15) is 10.4 Å². The van der Waals surface area contributed by atoms with Crippen LogP contribution in [0.25, 0.3) is 0 Å². The number of nitrogens with zero attached hydrogens (tertiary/aromatic N) is 1. The van der Waals surface area contributed by atoms with Gasteiger partial charge in [-0.05, 0) is 38.0 Å². The lowest BCUT2D eigenvalue weighted by Gasteiger charge is -2.42. The molecule has 0 aromatic rings. The van der Waals surface area contributed by atoms with E-state index in [0.717, 1.165) is 32.1 Å². The fraction of sp³-hybridized carbons (Fsp3) is 0.929. The van der Waals surface area contributed by atoms with Crippen molar-refractivity contribution in [1.82, 2.24) is 0 Å². The first-order chi connectivity index (χ1) is 7.43. The van der Waals surface area contributed by atoms with Crippen molar-refractivity contribution in [1.29, 1.82) is 5.26 Å². The molecular weight excluding hydrogens is 198 g/mol. The summed E-state index contributed by atoms with van der Waals surface area (Å²) in [5.74, 6) is 0.804. The van der Waals surface area contributed by atoms with Gasteiger partial charge in [0.2, 0.25) is 0 Å². The van der Waals surface area contributed by atoms with Gasteiger partial charge in [-0.2, -0.15) is 5.26 Å². The summed E-state index contributed by atoms with van der Waals surface area (Å²) in [4.78, 5) is 0. The van der Waals surface area contributed by atoms with Gasteiger partial charge in [-0.15, -0.1) is 0 Å². The molecule has 1 N–H and O–H groups in total. The Balaban J connectivity index is 2.94. The van der Waals surface area contributed by atoms with Crippen LogP contribution in [0.5, 0.6) is 0 Å². The van der Waals surface area contributed by atoms with Gasteiger partial charge in [0.1, 0.15) is 0 Å². The predicted octanol–water partition coefficient (Wildman–Crippen LogP) is 3.50. The van der Waals surface area contributed by atoms with Gasteiger partial charge < -0.3 is 5.11 Å². The molecule has 2 nitrogen and oxygen atoms in total. The van der Waals surface area contributed by atoms with E-state index in [4.69, 9.17) is 0 Å². The van der Waals surface area contributed by atoms with Crippen molar-refractivity contribution in [3.63, 3.8) is 0 Å². The van der Waals surface area contributed by atoms with Gasteiger partial charge in [-0.25, -0.2) is 0 Å². The first-order valence-corrected chi connectivity index (χ1v) is 6.57. The molecule has 0 heterocycles. The number of hydrogen-bond acceptors (Lipinski definition) is 2. The standard InChI is InChI=1S/C14H25NO/c1-5-11(3)13(4,16)14(10-15)8-7-12(6-2)9-14/h11-12,16H,5-9H2,1-4H3. The summed E-state index contributed by atoms with van der Waals surface area (Å²) in [5, 5.41) is 20.2. The van der Waals surface area contributed by atoms with Gasteiger partial charge in [0.15, 0.2) is 0 Å². The highest BCUT2D eigenvalue weighted by atomic mass is 16.3. The van der Waals surface area contributed by atoms with E-state index in [-0.39, 0.29) is 5.92 Å². The second-order valence-electron chi connectivity index (χ2n) is 5.67. The summed E-state index contributed by atoms with van der Waals surface area (Å²) >= 11 is 0. The molecule has 2 heteroatoms. The first kappa shape index (κ1) is 13.5. The summed E-state index contributed by atoms with van der Waals surface area (Å²) in [7, 11) is 0. The van der Waals surface area contributed by atoms with Crippen molar-refractivity contribution in [2.45, 2.75) is 65.4 Å². The van der Waals surface area contributed by atoms with Crippen molar-refractivity contribution < 1.29 is 5.11 Å². The smallest absolute Gasteiger partial charge is 0.0862 e. The Morgan fingerprint density at radius 3 is 2.56 bits per heavy atom. The molecule has 0 saturated heterocycles. The van der Waals surface area contributed by atoms with Crippen LogP contribution < -0.4 is 0 Å². The molecule has 16 heavy (non-hydrogen) atoms. The minimum Gasteiger partial charge on any atom is -0.388 e. The Hall–Kier alpha value is -0.550. The van der Waals surface area contributed by atoms with Gasteiger partial charge in [-0.1, -0.05) is 33.6 Å². The number of aliphatic hydroxyl groups is 1. The van der Waals surface area contributed by atoms with E-state index in [1.165, 1.54) is 0 Å². The van der Waals surface area contributed by atoms with Crippen molar-refractivity contribution in [2.24, 2.45) is 17.3 Å². The maximum Gasteiger partial charge on any atom is 0.0862 e. The molecule has 0 aromatic carbocycles. The molecule has 0 radical (unpaired) electrons. The zero-order chi connectivity index (χ0) is 12.4. The highest BCUT2D eigenvalue weighted by molar-refractivity contribution is 5.14. The van der Waals surface area contributed by atoms with Gasteiger partial charge in [-0.3, -0.25) is 0 Å². The summed E-state index contributed by atoms with van der Waals surface area (Å²) in [6.07, 6.45) is 4.88. The quantitative estimate of drug-likeness (QED) is 0.792. The van der Waals surface area contributed by atoms with E-state index >= 15 is 0 Å². The lowest BCUT2D eigenvalue weighted by atomic mass is 9.65. The average molecular weight is 223 g/mol. The van der Waals surface area contributed by atoms with Crippen LogP contribution in [0.3, 0.4) is 0 Å². The Morgan fingerprint density at radius 1 is 1.56 bits per heavy atom. The zero-order valence-electron chi connectivity index (χ0n) is 11.1. The van der Waals surface area contributed by atoms with Crippen LogP contribution in [-0.4, -0.2) is 10.7 Å². The molecule has 0 aromatic heterocycles. The van der Waals surface area contributed by atoms with Crippen LogP contribution in [0.15, 0.2) is 0 Å². The second kappa shape index (κ2) is 4.75. The molecule has 1 aliphatic carbocycles. The lowest BCUT2D eigenvalue weighted by molar-refractivity contribution is -0.0818. The monoisotopic (exact) mass is 223 g/mol. The summed E-state index contributed by atoms with van der Waals surface area (Å²) in [6.45, 7) is 8.17. The number of rotatable bonds is 4. The first-order valence-electron chi connectivity index (χ1n) is 6.57. The molecule has 0 amide bonds. The van der Waals surface area contributed by atoms with Gasteiger partial charge in [0.25, 0.3) is 0 Å². The SMILES string of the molecule is CCC1CCC(C#N)(C(C)(O)C(C)CC)C1. The molecule has 0 bridgehead atoms. The molecule has 0 aliphatic heterocycles. The Labute approximate surface area is 99.7 Å². The normalized spacial score (nSPS) is 35.4. The molecule has 1 saturated carbocycles. The minimum absolute atomic E-state index is 0.183. The lowest BCUT2D eigenvalue weighted by Crippen LogP contribution is -2.48. The van der Waals surface area contributed by atoms with E-state index in [2.05, 4.69) is 26.8 Å². The van der Waals surface area contributed by atoms with Gasteiger partial charge in [0.05, 0.1) is 17.1 Å². The third-order valence-corrected chi connectivity index (χ3v) is 4.95. The van der Waals surface area contributed by atoms with Crippen LogP contribution >= 0.6 is 0 Å². The summed E-state index contributed by atoms with van der Waals surface area (Å²) in [5.41, 5.74) is -1.36. The summed E-state index contributed by atoms with van der Waals surface area (Å²) < 4.78 is 0. The van der Waals surface area contributed by atoms with Crippen LogP contribution in [0.2, 0.25) is 0 Å². The fourth-order valence-corrected chi connectivity index (χ4v) is 3.04.